The van der Waals surface area contributed by atoms with Crippen molar-refractivity contribution in [2.45, 2.75) is 6.92 Å². The lowest BCUT2D eigenvalue weighted by Crippen LogP contribution is -2.10. The molecule has 1 amide bonds. The Morgan fingerprint density at radius 2 is 2.44 bits per heavy atom. The van der Waals surface area contributed by atoms with Gasteiger partial charge in [0.25, 0.3) is 5.91 Å². The molecule has 1 heterocycles. The topological polar surface area (TPSA) is 68.9 Å². The van der Waals surface area contributed by atoms with E-state index in [4.69, 9.17) is 5.73 Å². The molecule has 0 atom stereocenters. The standard InChI is InChI=1S/C4H5N3OS/c1-2-6-4(3(5)8)9-7-2/h1H3,(H2,5,8). The summed E-state index contributed by atoms with van der Waals surface area (Å²) in [7, 11) is 0. The molecule has 0 aliphatic carbocycles. The molecule has 0 aliphatic rings. The van der Waals surface area contributed by atoms with Crippen molar-refractivity contribution in [1.29, 1.82) is 0 Å². The average molecular weight is 143 g/mol. The third-order valence-corrected chi connectivity index (χ3v) is 1.56. The first-order chi connectivity index (χ1) is 4.20. The predicted octanol–water partition coefficient (Wildman–Crippen LogP) is -0.0546. The molecule has 4 nitrogen and oxygen atoms in total. The van der Waals surface area contributed by atoms with Gasteiger partial charge in [-0.05, 0) is 18.5 Å². The second-order valence-electron chi connectivity index (χ2n) is 1.51. The Bertz CT molecular complexity index is 231. The summed E-state index contributed by atoms with van der Waals surface area (Å²) in [5.74, 6) is 0.0781. The number of aryl methyl sites for hydroxylation is 1. The van der Waals surface area contributed by atoms with E-state index in [1.807, 2.05) is 0 Å². The van der Waals surface area contributed by atoms with Crippen LogP contribution in [-0.2, 0) is 0 Å². The van der Waals surface area contributed by atoms with Gasteiger partial charge in [0.2, 0.25) is 5.01 Å². The van der Waals surface area contributed by atoms with E-state index in [2.05, 4.69) is 9.36 Å². The summed E-state index contributed by atoms with van der Waals surface area (Å²) in [4.78, 5) is 14.1. The molecular formula is C4H5N3OS. The van der Waals surface area contributed by atoms with E-state index in [1.54, 1.807) is 6.92 Å². The van der Waals surface area contributed by atoms with Crippen LogP contribution in [0.1, 0.15) is 15.6 Å². The molecule has 1 aromatic heterocycles. The Balaban J connectivity index is 2.98. The minimum Gasteiger partial charge on any atom is -0.363 e. The highest BCUT2D eigenvalue weighted by atomic mass is 32.1. The van der Waals surface area contributed by atoms with Crippen LogP contribution in [-0.4, -0.2) is 15.3 Å². The molecular weight excluding hydrogens is 138 g/mol. The summed E-state index contributed by atoms with van der Waals surface area (Å²) in [5, 5.41) is 0.271. The Hall–Kier alpha value is -0.970. The zero-order valence-electron chi connectivity index (χ0n) is 4.79. The third kappa shape index (κ3) is 1.23. The summed E-state index contributed by atoms with van der Waals surface area (Å²) < 4.78 is 3.77. The van der Waals surface area contributed by atoms with Crippen LogP contribution < -0.4 is 5.73 Å². The first kappa shape index (κ1) is 6.15. The molecule has 0 unspecified atom stereocenters. The van der Waals surface area contributed by atoms with Crippen molar-refractivity contribution in [2.24, 2.45) is 5.73 Å². The Morgan fingerprint density at radius 1 is 1.78 bits per heavy atom. The summed E-state index contributed by atoms with van der Waals surface area (Å²) in [6, 6.07) is 0. The molecule has 48 valence electrons. The molecule has 0 fully saturated rings. The normalized spacial score (nSPS) is 9.44. The van der Waals surface area contributed by atoms with Gasteiger partial charge in [-0.25, -0.2) is 4.98 Å². The molecule has 1 rings (SSSR count). The molecule has 9 heavy (non-hydrogen) atoms. The van der Waals surface area contributed by atoms with E-state index in [-0.39, 0.29) is 5.01 Å². The summed E-state index contributed by atoms with van der Waals surface area (Å²) in [6.07, 6.45) is 0. The Morgan fingerprint density at radius 3 is 2.67 bits per heavy atom. The van der Waals surface area contributed by atoms with Crippen LogP contribution >= 0.6 is 11.5 Å². The summed E-state index contributed by atoms with van der Waals surface area (Å²) in [6.45, 7) is 1.71. The number of nitrogens with zero attached hydrogens (tertiary/aromatic N) is 2. The van der Waals surface area contributed by atoms with Gasteiger partial charge in [-0.15, -0.1) is 0 Å². The first-order valence-electron chi connectivity index (χ1n) is 2.30. The minimum absolute atomic E-state index is 0.271. The monoisotopic (exact) mass is 143 g/mol. The number of carbonyl (C=O) groups excluding carboxylic acids is 1. The third-order valence-electron chi connectivity index (χ3n) is 0.738. The molecule has 0 saturated heterocycles. The lowest BCUT2D eigenvalue weighted by molar-refractivity contribution is 0.1000. The van der Waals surface area contributed by atoms with E-state index in [0.717, 1.165) is 11.5 Å². The number of aromatic nitrogens is 2. The lowest BCUT2D eigenvalue weighted by atomic mass is 10.6. The van der Waals surface area contributed by atoms with E-state index >= 15 is 0 Å². The maximum atomic E-state index is 10.3. The number of amides is 1. The van der Waals surface area contributed by atoms with Crippen LogP contribution in [0.2, 0.25) is 0 Å². The highest BCUT2D eigenvalue weighted by Gasteiger charge is 2.04. The fraction of sp³-hybridized carbons (Fsp3) is 0.250. The largest absolute Gasteiger partial charge is 0.363 e. The summed E-state index contributed by atoms with van der Waals surface area (Å²) >= 11 is 1.02. The number of carbonyl (C=O) groups is 1. The van der Waals surface area contributed by atoms with Crippen LogP contribution in [0.5, 0.6) is 0 Å². The van der Waals surface area contributed by atoms with Crippen molar-refractivity contribution in [3.05, 3.63) is 10.8 Å². The highest BCUT2D eigenvalue weighted by molar-refractivity contribution is 7.07. The lowest BCUT2D eigenvalue weighted by Gasteiger charge is -1.78. The van der Waals surface area contributed by atoms with E-state index in [0.29, 0.717) is 5.82 Å². The first-order valence-corrected chi connectivity index (χ1v) is 3.07. The molecule has 0 spiro atoms. The van der Waals surface area contributed by atoms with Gasteiger partial charge < -0.3 is 5.73 Å². The van der Waals surface area contributed by atoms with Crippen LogP contribution in [0.15, 0.2) is 0 Å². The van der Waals surface area contributed by atoms with E-state index < -0.39 is 5.91 Å². The molecule has 2 N–H and O–H groups in total. The van der Waals surface area contributed by atoms with Gasteiger partial charge >= 0.3 is 0 Å². The van der Waals surface area contributed by atoms with Crippen LogP contribution in [0.4, 0.5) is 0 Å². The van der Waals surface area contributed by atoms with E-state index in [9.17, 15) is 4.79 Å². The fourth-order valence-corrected chi connectivity index (χ4v) is 0.919. The number of primary amides is 1. The predicted molar refractivity (Wildman–Crippen MR) is 33.2 cm³/mol. The zero-order valence-corrected chi connectivity index (χ0v) is 5.60. The fourth-order valence-electron chi connectivity index (χ4n) is 0.397. The summed E-state index contributed by atoms with van der Waals surface area (Å²) in [5.41, 5.74) is 4.90. The van der Waals surface area contributed by atoms with Gasteiger partial charge in [-0.2, -0.15) is 4.37 Å². The van der Waals surface area contributed by atoms with Crippen molar-refractivity contribution in [3.63, 3.8) is 0 Å². The van der Waals surface area contributed by atoms with Gasteiger partial charge in [0.15, 0.2) is 0 Å². The van der Waals surface area contributed by atoms with Crippen molar-refractivity contribution in [3.8, 4) is 0 Å². The number of hydrogen-bond donors (Lipinski definition) is 1. The van der Waals surface area contributed by atoms with Gasteiger partial charge in [0.1, 0.15) is 5.82 Å². The van der Waals surface area contributed by atoms with Crippen molar-refractivity contribution in [2.75, 3.05) is 0 Å². The highest BCUT2D eigenvalue weighted by Crippen LogP contribution is 2.00. The molecule has 0 bridgehead atoms. The van der Waals surface area contributed by atoms with Crippen molar-refractivity contribution < 1.29 is 4.79 Å². The maximum absolute atomic E-state index is 10.3. The molecule has 5 heteroatoms. The molecule has 1 aromatic rings. The Labute approximate surface area is 55.9 Å². The molecule has 0 aromatic carbocycles. The number of rotatable bonds is 1. The van der Waals surface area contributed by atoms with E-state index in [1.165, 1.54) is 0 Å². The second-order valence-corrected chi connectivity index (χ2v) is 2.26. The quantitative estimate of drug-likeness (QED) is 0.599. The average Bonchev–Trinajstić information content (AvgIpc) is 2.14. The molecule has 0 aliphatic heterocycles. The van der Waals surface area contributed by atoms with Gasteiger partial charge in [-0.3, -0.25) is 4.79 Å². The SMILES string of the molecule is Cc1nsc(C(N)=O)n1. The van der Waals surface area contributed by atoms with Crippen molar-refractivity contribution in [1.82, 2.24) is 9.36 Å². The second kappa shape index (κ2) is 2.10. The number of nitrogens with two attached hydrogens (primary N) is 1. The van der Waals surface area contributed by atoms with Crippen LogP contribution in [0.3, 0.4) is 0 Å². The smallest absolute Gasteiger partial charge is 0.279 e. The van der Waals surface area contributed by atoms with Crippen LogP contribution in [0, 0.1) is 6.92 Å². The number of hydrogen-bond acceptors (Lipinski definition) is 4. The minimum atomic E-state index is -0.513. The van der Waals surface area contributed by atoms with Gasteiger partial charge in [-0.1, -0.05) is 0 Å². The van der Waals surface area contributed by atoms with Crippen LogP contribution in [0.25, 0.3) is 0 Å². The Kier molecular flexibility index (Phi) is 1.44. The van der Waals surface area contributed by atoms with Gasteiger partial charge in [0.05, 0.1) is 0 Å². The molecule has 0 radical (unpaired) electrons. The maximum Gasteiger partial charge on any atom is 0.279 e. The van der Waals surface area contributed by atoms with Gasteiger partial charge in [0, 0.05) is 0 Å². The molecule has 0 saturated carbocycles. The van der Waals surface area contributed by atoms with Crippen molar-refractivity contribution >= 4 is 17.4 Å². The zero-order chi connectivity index (χ0) is 6.85.